The van der Waals surface area contributed by atoms with E-state index in [1.807, 2.05) is 6.92 Å². The Bertz CT molecular complexity index is 310. The molecule has 2 atom stereocenters. The van der Waals surface area contributed by atoms with Crippen molar-refractivity contribution < 1.29 is 14.7 Å². The minimum absolute atomic E-state index is 0.380. The van der Waals surface area contributed by atoms with Gasteiger partial charge in [0.25, 0.3) is 0 Å². The molecule has 1 aliphatic rings. The zero-order valence-electron chi connectivity index (χ0n) is 11.8. The lowest BCUT2D eigenvalue weighted by Gasteiger charge is -2.29. The number of piperidine rings is 1. The van der Waals surface area contributed by atoms with Crippen LogP contribution in [-0.2, 0) is 4.79 Å². The van der Waals surface area contributed by atoms with Crippen LogP contribution in [0, 0.1) is 5.92 Å². The van der Waals surface area contributed by atoms with Gasteiger partial charge in [-0.1, -0.05) is 13.3 Å². The first-order valence-corrected chi connectivity index (χ1v) is 6.98. The predicted octanol–water partition coefficient (Wildman–Crippen LogP) is 0.881. The minimum Gasteiger partial charge on any atom is -0.480 e. The van der Waals surface area contributed by atoms with Gasteiger partial charge in [0.1, 0.15) is 6.04 Å². The van der Waals surface area contributed by atoms with Crippen LogP contribution >= 0.6 is 0 Å². The number of amides is 2. The third kappa shape index (κ3) is 5.92. The van der Waals surface area contributed by atoms with Crippen molar-refractivity contribution in [3.05, 3.63) is 0 Å². The van der Waals surface area contributed by atoms with E-state index in [-0.39, 0.29) is 6.03 Å². The molecule has 1 saturated heterocycles. The molecule has 2 amide bonds. The average Bonchev–Trinajstić information content (AvgIpc) is 2.36. The van der Waals surface area contributed by atoms with Crippen LogP contribution in [0.1, 0.15) is 32.6 Å². The van der Waals surface area contributed by atoms with Crippen LogP contribution in [0.5, 0.6) is 0 Å². The molecule has 110 valence electrons. The summed E-state index contributed by atoms with van der Waals surface area (Å²) in [6.45, 7) is 4.60. The highest BCUT2D eigenvalue weighted by Gasteiger charge is 2.20. The molecule has 3 N–H and O–H groups in total. The van der Waals surface area contributed by atoms with E-state index in [1.54, 1.807) is 0 Å². The van der Waals surface area contributed by atoms with Crippen LogP contribution in [0.15, 0.2) is 0 Å². The fraction of sp³-hybridized carbons (Fsp3) is 0.846. The second-order valence-electron chi connectivity index (χ2n) is 5.30. The molecule has 1 heterocycles. The first-order valence-electron chi connectivity index (χ1n) is 6.98. The molecule has 1 unspecified atom stereocenters. The molecule has 0 aromatic heterocycles. The number of rotatable bonds is 6. The Hall–Kier alpha value is -1.30. The van der Waals surface area contributed by atoms with Crippen LogP contribution in [0.3, 0.4) is 0 Å². The number of carbonyl (C=O) groups excluding carboxylic acids is 1. The van der Waals surface area contributed by atoms with Crippen molar-refractivity contribution in [2.75, 3.05) is 26.7 Å². The third-order valence-electron chi connectivity index (χ3n) is 3.45. The van der Waals surface area contributed by atoms with Gasteiger partial charge in [-0.15, -0.1) is 0 Å². The molecule has 0 aromatic rings. The summed E-state index contributed by atoms with van der Waals surface area (Å²) in [5, 5.41) is 14.2. The molecule has 0 aromatic carbocycles. The Balaban J connectivity index is 2.28. The number of carboxylic acid groups (broad SMARTS) is 1. The van der Waals surface area contributed by atoms with E-state index in [9.17, 15) is 9.59 Å². The van der Waals surface area contributed by atoms with Gasteiger partial charge in [-0.2, -0.15) is 0 Å². The highest BCUT2D eigenvalue weighted by Crippen LogP contribution is 2.13. The van der Waals surface area contributed by atoms with Gasteiger partial charge >= 0.3 is 12.0 Å². The van der Waals surface area contributed by atoms with Crippen molar-refractivity contribution in [3.8, 4) is 0 Å². The average molecular weight is 271 g/mol. The minimum atomic E-state index is -0.977. The summed E-state index contributed by atoms with van der Waals surface area (Å²) < 4.78 is 0. The van der Waals surface area contributed by atoms with E-state index >= 15 is 0 Å². The maximum atomic E-state index is 11.7. The molecule has 6 nitrogen and oxygen atoms in total. The summed E-state index contributed by atoms with van der Waals surface area (Å²) in [6, 6.07) is -1.17. The summed E-state index contributed by atoms with van der Waals surface area (Å²) in [5.41, 5.74) is 0. The molecular formula is C13H25N3O3. The maximum Gasteiger partial charge on any atom is 0.326 e. The van der Waals surface area contributed by atoms with E-state index < -0.39 is 12.0 Å². The Kier molecular flexibility index (Phi) is 6.62. The van der Waals surface area contributed by atoms with Crippen molar-refractivity contribution in [2.45, 2.75) is 38.6 Å². The van der Waals surface area contributed by atoms with Gasteiger partial charge in [-0.3, -0.25) is 0 Å². The number of carboxylic acids is 1. The molecule has 0 spiro atoms. The van der Waals surface area contributed by atoms with E-state index in [1.165, 1.54) is 0 Å². The maximum absolute atomic E-state index is 11.7. The Morgan fingerprint density at radius 2 is 2.21 bits per heavy atom. The van der Waals surface area contributed by atoms with Crippen molar-refractivity contribution in [1.82, 2.24) is 15.5 Å². The standard InChI is InChI=1S/C13H25N3O3/c1-3-5-11(12(17)18)15-13(19)14-8-10-6-4-7-16(2)9-10/h10-11H,3-9H2,1-2H3,(H,17,18)(H2,14,15,19)/t10?,11-/m1/s1. The van der Waals surface area contributed by atoms with Crippen LogP contribution in [0.4, 0.5) is 4.79 Å². The number of nitrogens with one attached hydrogen (secondary N) is 2. The lowest BCUT2D eigenvalue weighted by atomic mass is 9.99. The molecule has 0 radical (unpaired) electrons. The Morgan fingerprint density at radius 1 is 1.47 bits per heavy atom. The first kappa shape index (κ1) is 15.8. The molecule has 0 aliphatic carbocycles. The van der Waals surface area contributed by atoms with Crippen molar-refractivity contribution in [1.29, 1.82) is 0 Å². The second kappa shape index (κ2) is 7.99. The van der Waals surface area contributed by atoms with Gasteiger partial charge in [0.2, 0.25) is 0 Å². The molecule has 1 rings (SSSR count). The normalized spacial score (nSPS) is 21.7. The van der Waals surface area contributed by atoms with Crippen LogP contribution in [-0.4, -0.2) is 54.7 Å². The number of nitrogens with zero attached hydrogens (tertiary/aromatic N) is 1. The molecule has 0 bridgehead atoms. The molecule has 19 heavy (non-hydrogen) atoms. The lowest BCUT2D eigenvalue weighted by Crippen LogP contribution is -2.48. The fourth-order valence-corrected chi connectivity index (χ4v) is 2.43. The van der Waals surface area contributed by atoms with E-state index in [2.05, 4.69) is 22.6 Å². The molecule has 1 aliphatic heterocycles. The highest BCUT2D eigenvalue weighted by molar-refractivity contribution is 5.82. The van der Waals surface area contributed by atoms with Crippen LogP contribution in [0.25, 0.3) is 0 Å². The van der Waals surface area contributed by atoms with Gasteiger partial charge in [0.15, 0.2) is 0 Å². The molecular weight excluding hydrogens is 246 g/mol. The highest BCUT2D eigenvalue weighted by atomic mass is 16.4. The number of likely N-dealkylation sites (tertiary alicyclic amines) is 1. The van der Waals surface area contributed by atoms with Crippen molar-refractivity contribution >= 4 is 12.0 Å². The quantitative estimate of drug-likeness (QED) is 0.670. The number of urea groups is 1. The van der Waals surface area contributed by atoms with E-state index in [0.717, 1.165) is 32.4 Å². The van der Waals surface area contributed by atoms with Crippen LogP contribution in [0.2, 0.25) is 0 Å². The van der Waals surface area contributed by atoms with Crippen molar-refractivity contribution in [3.63, 3.8) is 0 Å². The third-order valence-corrected chi connectivity index (χ3v) is 3.45. The zero-order valence-corrected chi connectivity index (χ0v) is 11.8. The van der Waals surface area contributed by atoms with E-state index in [0.29, 0.717) is 18.9 Å². The van der Waals surface area contributed by atoms with Gasteiger partial charge in [-0.25, -0.2) is 9.59 Å². The lowest BCUT2D eigenvalue weighted by molar-refractivity contribution is -0.139. The second-order valence-corrected chi connectivity index (χ2v) is 5.30. The number of hydrogen-bond donors (Lipinski definition) is 3. The molecule has 6 heteroatoms. The van der Waals surface area contributed by atoms with Gasteiger partial charge in [-0.05, 0) is 38.8 Å². The Labute approximate surface area is 114 Å². The van der Waals surface area contributed by atoms with Gasteiger partial charge < -0.3 is 20.6 Å². The zero-order chi connectivity index (χ0) is 14.3. The van der Waals surface area contributed by atoms with Crippen LogP contribution < -0.4 is 10.6 Å². The fourth-order valence-electron chi connectivity index (χ4n) is 2.43. The number of hydrogen-bond acceptors (Lipinski definition) is 3. The predicted molar refractivity (Wildman–Crippen MR) is 73.1 cm³/mol. The Morgan fingerprint density at radius 3 is 2.79 bits per heavy atom. The topological polar surface area (TPSA) is 81.7 Å². The summed E-state index contributed by atoms with van der Waals surface area (Å²) in [5.74, 6) is -0.520. The van der Waals surface area contributed by atoms with Gasteiger partial charge in [0, 0.05) is 13.1 Å². The summed E-state index contributed by atoms with van der Waals surface area (Å²) in [7, 11) is 2.08. The SMILES string of the molecule is CCC[C@@H](NC(=O)NCC1CCCN(C)C1)C(=O)O. The summed E-state index contributed by atoms with van der Waals surface area (Å²) in [4.78, 5) is 24.8. The van der Waals surface area contributed by atoms with Gasteiger partial charge in [0.05, 0.1) is 0 Å². The summed E-state index contributed by atoms with van der Waals surface area (Å²) >= 11 is 0. The number of aliphatic carboxylic acids is 1. The van der Waals surface area contributed by atoms with E-state index in [4.69, 9.17) is 5.11 Å². The molecule has 0 saturated carbocycles. The smallest absolute Gasteiger partial charge is 0.326 e. The number of carbonyl (C=O) groups is 2. The largest absolute Gasteiger partial charge is 0.480 e. The van der Waals surface area contributed by atoms with Crippen molar-refractivity contribution in [2.24, 2.45) is 5.92 Å². The monoisotopic (exact) mass is 271 g/mol. The molecule has 1 fully saturated rings. The summed E-state index contributed by atoms with van der Waals surface area (Å²) in [6.07, 6.45) is 3.44. The first-order chi connectivity index (χ1) is 9.02.